The van der Waals surface area contributed by atoms with Crippen molar-refractivity contribution in [1.29, 1.82) is 0 Å². The van der Waals surface area contributed by atoms with Crippen LogP contribution in [-0.4, -0.2) is 10.8 Å². The molecule has 0 bridgehead atoms. The second-order valence-electron chi connectivity index (χ2n) is 5.67. The van der Waals surface area contributed by atoms with Gasteiger partial charge in [-0.2, -0.15) is 0 Å². The van der Waals surface area contributed by atoms with Crippen molar-refractivity contribution >= 4 is 17.3 Å². The van der Waals surface area contributed by atoms with Crippen LogP contribution in [0.1, 0.15) is 21.7 Å². The lowest BCUT2D eigenvalue weighted by Gasteiger charge is -2.09. The van der Waals surface area contributed by atoms with E-state index in [1.165, 1.54) is 12.1 Å². The minimum atomic E-state index is -0.472. The molecule has 0 saturated carbocycles. The third kappa shape index (κ3) is 3.42. The number of benzene rings is 2. The van der Waals surface area contributed by atoms with Gasteiger partial charge >= 0.3 is 0 Å². The molecule has 0 aliphatic heterocycles. The number of amides is 1. The van der Waals surface area contributed by atoms with E-state index in [1.807, 2.05) is 32.0 Å². The van der Waals surface area contributed by atoms with Gasteiger partial charge < -0.3 is 9.73 Å². The van der Waals surface area contributed by atoms with Gasteiger partial charge in [0.2, 0.25) is 0 Å². The Balaban J connectivity index is 1.83. The SMILES string of the molecule is Cc1cccc(NC(=O)c2ccc(-c3cccc([N+](=O)[O-])c3)o2)c1C. The summed E-state index contributed by atoms with van der Waals surface area (Å²) in [6.07, 6.45) is 0. The van der Waals surface area contributed by atoms with Crippen molar-refractivity contribution in [2.24, 2.45) is 0 Å². The molecule has 0 unspecified atom stereocenters. The number of rotatable bonds is 4. The quantitative estimate of drug-likeness (QED) is 0.551. The summed E-state index contributed by atoms with van der Waals surface area (Å²) in [4.78, 5) is 22.8. The Kier molecular flexibility index (Phi) is 4.35. The monoisotopic (exact) mass is 336 g/mol. The maximum Gasteiger partial charge on any atom is 0.291 e. The molecule has 0 atom stereocenters. The van der Waals surface area contributed by atoms with Crippen LogP contribution in [-0.2, 0) is 0 Å². The Morgan fingerprint density at radius 1 is 1.08 bits per heavy atom. The predicted octanol–water partition coefficient (Wildman–Crippen LogP) is 4.72. The molecule has 0 fully saturated rings. The number of nitro benzene ring substituents is 1. The van der Waals surface area contributed by atoms with Gasteiger partial charge in [0.1, 0.15) is 5.76 Å². The highest BCUT2D eigenvalue weighted by atomic mass is 16.6. The van der Waals surface area contributed by atoms with Gasteiger partial charge in [0, 0.05) is 23.4 Å². The van der Waals surface area contributed by atoms with Gasteiger partial charge in [-0.05, 0) is 43.2 Å². The number of non-ortho nitro benzene ring substituents is 1. The second-order valence-corrected chi connectivity index (χ2v) is 5.67. The zero-order chi connectivity index (χ0) is 18.0. The van der Waals surface area contributed by atoms with Crippen LogP contribution in [0, 0.1) is 24.0 Å². The minimum Gasteiger partial charge on any atom is -0.451 e. The van der Waals surface area contributed by atoms with Crippen molar-refractivity contribution < 1.29 is 14.1 Å². The highest BCUT2D eigenvalue weighted by molar-refractivity contribution is 6.03. The molecule has 3 aromatic rings. The zero-order valence-corrected chi connectivity index (χ0v) is 13.8. The number of hydrogen-bond donors (Lipinski definition) is 1. The number of hydrogen-bond acceptors (Lipinski definition) is 4. The van der Waals surface area contributed by atoms with E-state index in [0.717, 1.165) is 16.8 Å². The van der Waals surface area contributed by atoms with Gasteiger partial charge in [-0.1, -0.05) is 24.3 Å². The highest BCUT2D eigenvalue weighted by Gasteiger charge is 2.15. The van der Waals surface area contributed by atoms with Crippen LogP contribution in [0.25, 0.3) is 11.3 Å². The lowest BCUT2D eigenvalue weighted by Crippen LogP contribution is -2.12. The number of furan rings is 1. The fraction of sp³-hybridized carbons (Fsp3) is 0.105. The van der Waals surface area contributed by atoms with Crippen molar-refractivity contribution in [3.8, 4) is 11.3 Å². The molecule has 1 amide bonds. The third-order valence-electron chi connectivity index (χ3n) is 4.02. The fourth-order valence-electron chi connectivity index (χ4n) is 2.46. The molecule has 0 aliphatic carbocycles. The summed E-state index contributed by atoms with van der Waals surface area (Å²) in [6.45, 7) is 3.90. The van der Waals surface area contributed by atoms with Crippen LogP contribution in [0.2, 0.25) is 0 Å². The van der Waals surface area contributed by atoms with Gasteiger partial charge in [-0.3, -0.25) is 14.9 Å². The van der Waals surface area contributed by atoms with E-state index in [-0.39, 0.29) is 17.4 Å². The van der Waals surface area contributed by atoms with Crippen LogP contribution >= 0.6 is 0 Å². The summed E-state index contributed by atoms with van der Waals surface area (Å²) in [7, 11) is 0. The number of carbonyl (C=O) groups is 1. The van der Waals surface area contributed by atoms with Crippen molar-refractivity contribution in [2.45, 2.75) is 13.8 Å². The number of nitrogens with one attached hydrogen (secondary N) is 1. The molecule has 6 nitrogen and oxygen atoms in total. The smallest absolute Gasteiger partial charge is 0.291 e. The molecule has 1 aromatic heterocycles. The molecule has 126 valence electrons. The zero-order valence-electron chi connectivity index (χ0n) is 13.8. The maximum absolute atomic E-state index is 12.4. The van der Waals surface area contributed by atoms with Crippen LogP contribution in [0.5, 0.6) is 0 Å². The van der Waals surface area contributed by atoms with Gasteiger partial charge in [0.25, 0.3) is 11.6 Å². The summed E-state index contributed by atoms with van der Waals surface area (Å²) in [6, 6.07) is 14.9. The number of nitro groups is 1. The Labute approximate surface area is 144 Å². The first-order chi connectivity index (χ1) is 12.0. The Hall–Kier alpha value is -3.41. The first-order valence-corrected chi connectivity index (χ1v) is 7.68. The topological polar surface area (TPSA) is 85.4 Å². The van der Waals surface area contributed by atoms with E-state index in [0.29, 0.717) is 11.3 Å². The van der Waals surface area contributed by atoms with E-state index in [9.17, 15) is 14.9 Å². The molecule has 2 aromatic carbocycles. The summed E-state index contributed by atoms with van der Waals surface area (Å²) in [5, 5.41) is 13.7. The van der Waals surface area contributed by atoms with Crippen LogP contribution in [0.3, 0.4) is 0 Å². The van der Waals surface area contributed by atoms with Gasteiger partial charge in [0.15, 0.2) is 5.76 Å². The van der Waals surface area contributed by atoms with E-state index in [4.69, 9.17) is 4.42 Å². The summed E-state index contributed by atoms with van der Waals surface area (Å²) in [5.74, 6) is 0.169. The van der Waals surface area contributed by atoms with E-state index < -0.39 is 4.92 Å². The van der Waals surface area contributed by atoms with E-state index >= 15 is 0 Å². The Morgan fingerprint density at radius 2 is 1.84 bits per heavy atom. The number of aryl methyl sites for hydroxylation is 1. The standard InChI is InChI=1S/C19H16N2O4/c1-12-5-3-8-16(13(12)2)20-19(22)18-10-9-17(25-18)14-6-4-7-15(11-14)21(23)24/h3-11H,1-2H3,(H,20,22). The molecule has 0 radical (unpaired) electrons. The number of carbonyl (C=O) groups excluding carboxylic acids is 1. The first-order valence-electron chi connectivity index (χ1n) is 7.68. The molecule has 1 N–H and O–H groups in total. The molecular weight excluding hydrogens is 320 g/mol. The molecule has 6 heteroatoms. The molecule has 3 rings (SSSR count). The predicted molar refractivity (Wildman–Crippen MR) is 94.7 cm³/mol. The van der Waals surface area contributed by atoms with Crippen molar-refractivity contribution in [2.75, 3.05) is 5.32 Å². The van der Waals surface area contributed by atoms with E-state index in [2.05, 4.69) is 5.32 Å². The van der Waals surface area contributed by atoms with Crippen LogP contribution in [0.15, 0.2) is 59.0 Å². The average Bonchev–Trinajstić information content (AvgIpc) is 3.09. The number of anilines is 1. The Morgan fingerprint density at radius 3 is 2.60 bits per heavy atom. The molecule has 1 heterocycles. The normalized spacial score (nSPS) is 10.5. The third-order valence-corrected chi connectivity index (χ3v) is 4.02. The Bertz CT molecular complexity index is 960. The first kappa shape index (κ1) is 16.4. The fourth-order valence-corrected chi connectivity index (χ4v) is 2.46. The number of nitrogens with zero attached hydrogens (tertiary/aromatic N) is 1. The summed E-state index contributed by atoms with van der Waals surface area (Å²) >= 11 is 0. The minimum absolute atomic E-state index is 0.0321. The largest absolute Gasteiger partial charge is 0.451 e. The van der Waals surface area contributed by atoms with Crippen molar-refractivity contribution in [3.05, 3.63) is 81.6 Å². The molecule has 25 heavy (non-hydrogen) atoms. The maximum atomic E-state index is 12.4. The van der Waals surface area contributed by atoms with E-state index in [1.54, 1.807) is 24.3 Å². The summed E-state index contributed by atoms with van der Waals surface area (Å²) < 4.78 is 5.57. The second kappa shape index (κ2) is 6.60. The molecular formula is C19H16N2O4. The van der Waals surface area contributed by atoms with Crippen molar-refractivity contribution in [3.63, 3.8) is 0 Å². The molecule has 0 saturated heterocycles. The lowest BCUT2D eigenvalue weighted by molar-refractivity contribution is -0.384. The van der Waals surface area contributed by atoms with Gasteiger partial charge in [-0.25, -0.2) is 0 Å². The lowest BCUT2D eigenvalue weighted by atomic mass is 10.1. The average molecular weight is 336 g/mol. The molecule has 0 spiro atoms. The van der Waals surface area contributed by atoms with Gasteiger partial charge in [0.05, 0.1) is 4.92 Å². The highest BCUT2D eigenvalue weighted by Crippen LogP contribution is 2.26. The molecule has 0 aliphatic rings. The van der Waals surface area contributed by atoms with Crippen LogP contribution in [0.4, 0.5) is 11.4 Å². The van der Waals surface area contributed by atoms with Crippen LogP contribution < -0.4 is 5.32 Å². The van der Waals surface area contributed by atoms with Crippen molar-refractivity contribution in [1.82, 2.24) is 0 Å². The van der Waals surface area contributed by atoms with Gasteiger partial charge in [-0.15, -0.1) is 0 Å². The summed E-state index contributed by atoms with van der Waals surface area (Å²) in [5.41, 5.74) is 3.30.